The Morgan fingerprint density at radius 2 is 2.29 bits per heavy atom. The molecule has 0 amide bonds. The van der Waals surface area contributed by atoms with Crippen molar-refractivity contribution < 1.29 is 14.6 Å². The maximum atomic E-state index is 11.3. The van der Waals surface area contributed by atoms with Crippen molar-refractivity contribution in [3.8, 4) is 0 Å². The first-order chi connectivity index (χ1) is 8.05. The van der Waals surface area contributed by atoms with Crippen LogP contribution in [0.4, 0.5) is 0 Å². The van der Waals surface area contributed by atoms with Crippen molar-refractivity contribution in [3.05, 3.63) is 0 Å². The Kier molecular flexibility index (Phi) is 3.73. The van der Waals surface area contributed by atoms with Crippen LogP contribution in [0.25, 0.3) is 0 Å². The van der Waals surface area contributed by atoms with Gasteiger partial charge < -0.3 is 9.84 Å². The monoisotopic (exact) mass is 241 g/mol. The summed E-state index contributed by atoms with van der Waals surface area (Å²) in [6.07, 6.45) is 4.44. The standard InChI is InChI=1S/C13H23NO3/c1-3-13(12(15)16)6-7-14(9-13)8-11-5-4-10(2)17-11/h10-11H,3-9H2,1-2H3,(H,15,16). The molecule has 0 bridgehead atoms. The second-order valence-corrected chi connectivity index (χ2v) is 5.57. The molecule has 2 fully saturated rings. The Labute approximate surface area is 103 Å². The fourth-order valence-electron chi connectivity index (χ4n) is 3.04. The minimum Gasteiger partial charge on any atom is -0.481 e. The molecule has 0 radical (unpaired) electrons. The molecule has 3 unspecified atom stereocenters. The Balaban J connectivity index is 1.87. The highest BCUT2D eigenvalue weighted by Crippen LogP contribution is 2.35. The van der Waals surface area contributed by atoms with Crippen molar-refractivity contribution in [2.75, 3.05) is 19.6 Å². The lowest BCUT2D eigenvalue weighted by molar-refractivity contribution is -0.148. The third-order valence-corrected chi connectivity index (χ3v) is 4.35. The van der Waals surface area contributed by atoms with E-state index in [1.807, 2.05) is 6.92 Å². The molecule has 0 saturated carbocycles. The summed E-state index contributed by atoms with van der Waals surface area (Å²) in [5, 5.41) is 9.33. The maximum Gasteiger partial charge on any atom is 0.310 e. The van der Waals surface area contributed by atoms with Crippen LogP contribution in [0.5, 0.6) is 0 Å². The lowest BCUT2D eigenvalue weighted by Crippen LogP contribution is -2.36. The van der Waals surface area contributed by atoms with Gasteiger partial charge in [-0.1, -0.05) is 6.92 Å². The lowest BCUT2D eigenvalue weighted by atomic mass is 9.84. The summed E-state index contributed by atoms with van der Waals surface area (Å²) < 4.78 is 5.80. The van der Waals surface area contributed by atoms with Crippen LogP contribution in [0, 0.1) is 5.41 Å². The first-order valence-electron chi connectivity index (χ1n) is 6.67. The maximum absolute atomic E-state index is 11.3. The number of ether oxygens (including phenoxy) is 1. The van der Waals surface area contributed by atoms with Gasteiger partial charge in [0.25, 0.3) is 0 Å². The molecule has 2 heterocycles. The summed E-state index contributed by atoms with van der Waals surface area (Å²) >= 11 is 0. The van der Waals surface area contributed by atoms with Gasteiger partial charge in [-0.05, 0) is 39.2 Å². The average molecular weight is 241 g/mol. The highest BCUT2D eigenvalue weighted by molar-refractivity contribution is 5.75. The number of hydrogen-bond acceptors (Lipinski definition) is 3. The van der Waals surface area contributed by atoms with Crippen molar-refractivity contribution in [2.45, 2.75) is 51.7 Å². The Morgan fingerprint density at radius 3 is 2.76 bits per heavy atom. The van der Waals surface area contributed by atoms with Crippen molar-refractivity contribution in [2.24, 2.45) is 5.41 Å². The molecule has 2 aliphatic rings. The number of nitrogens with zero attached hydrogens (tertiary/aromatic N) is 1. The van der Waals surface area contributed by atoms with Crippen molar-refractivity contribution in [3.63, 3.8) is 0 Å². The molecule has 4 heteroatoms. The summed E-state index contributed by atoms with van der Waals surface area (Å²) in [5.74, 6) is -0.636. The number of hydrogen-bond donors (Lipinski definition) is 1. The van der Waals surface area contributed by atoms with E-state index in [0.29, 0.717) is 18.8 Å². The van der Waals surface area contributed by atoms with E-state index in [1.165, 1.54) is 0 Å². The van der Waals surface area contributed by atoms with Gasteiger partial charge in [0.05, 0.1) is 17.6 Å². The van der Waals surface area contributed by atoms with Gasteiger partial charge in [-0.25, -0.2) is 0 Å². The lowest BCUT2D eigenvalue weighted by Gasteiger charge is -2.24. The molecular formula is C13H23NO3. The van der Waals surface area contributed by atoms with Crippen molar-refractivity contribution >= 4 is 5.97 Å². The van der Waals surface area contributed by atoms with E-state index in [-0.39, 0.29) is 0 Å². The predicted octanol–water partition coefficient (Wildman–Crippen LogP) is 1.74. The number of likely N-dealkylation sites (tertiary alicyclic amines) is 1. The van der Waals surface area contributed by atoms with E-state index in [4.69, 9.17) is 4.74 Å². The van der Waals surface area contributed by atoms with Crippen LogP contribution in [0.2, 0.25) is 0 Å². The SMILES string of the molecule is CCC1(C(=O)O)CCN(CC2CCC(C)O2)C1. The molecule has 17 heavy (non-hydrogen) atoms. The second kappa shape index (κ2) is 4.94. The first-order valence-corrected chi connectivity index (χ1v) is 6.67. The summed E-state index contributed by atoms with van der Waals surface area (Å²) in [6.45, 7) is 6.57. The molecule has 3 atom stereocenters. The highest BCUT2D eigenvalue weighted by Gasteiger charge is 2.43. The Hall–Kier alpha value is -0.610. The van der Waals surface area contributed by atoms with Crippen LogP contribution in [-0.4, -0.2) is 47.8 Å². The number of carboxylic acid groups (broad SMARTS) is 1. The van der Waals surface area contributed by atoms with Gasteiger partial charge >= 0.3 is 5.97 Å². The van der Waals surface area contributed by atoms with E-state index in [9.17, 15) is 9.90 Å². The predicted molar refractivity (Wildman–Crippen MR) is 65.0 cm³/mol. The molecule has 2 rings (SSSR count). The van der Waals surface area contributed by atoms with Gasteiger partial charge in [0.2, 0.25) is 0 Å². The van der Waals surface area contributed by atoms with Crippen LogP contribution in [-0.2, 0) is 9.53 Å². The highest BCUT2D eigenvalue weighted by atomic mass is 16.5. The molecule has 98 valence electrons. The normalized spacial score (nSPS) is 38.7. The van der Waals surface area contributed by atoms with Gasteiger partial charge in [0.1, 0.15) is 0 Å². The van der Waals surface area contributed by atoms with E-state index >= 15 is 0 Å². The van der Waals surface area contributed by atoms with Gasteiger partial charge in [-0.15, -0.1) is 0 Å². The van der Waals surface area contributed by atoms with Gasteiger partial charge in [-0.3, -0.25) is 9.69 Å². The first kappa shape index (κ1) is 12.8. The van der Waals surface area contributed by atoms with Crippen LogP contribution in [0.3, 0.4) is 0 Å². The molecule has 2 saturated heterocycles. The third-order valence-electron chi connectivity index (χ3n) is 4.35. The van der Waals surface area contributed by atoms with E-state index in [0.717, 1.165) is 38.8 Å². The number of carboxylic acids is 1. The molecule has 4 nitrogen and oxygen atoms in total. The molecule has 0 aromatic rings. The minimum atomic E-state index is -0.636. The summed E-state index contributed by atoms with van der Waals surface area (Å²) in [6, 6.07) is 0. The van der Waals surface area contributed by atoms with E-state index in [2.05, 4.69) is 11.8 Å². The number of aliphatic carboxylic acids is 1. The molecule has 0 spiro atoms. The number of rotatable bonds is 4. The second-order valence-electron chi connectivity index (χ2n) is 5.57. The summed E-state index contributed by atoms with van der Waals surface area (Å²) in [4.78, 5) is 13.6. The molecule has 0 aromatic heterocycles. The smallest absolute Gasteiger partial charge is 0.310 e. The van der Waals surface area contributed by atoms with Crippen LogP contribution in [0.15, 0.2) is 0 Å². The minimum absolute atomic E-state index is 0.312. The topological polar surface area (TPSA) is 49.8 Å². The van der Waals surface area contributed by atoms with Gasteiger partial charge in [-0.2, -0.15) is 0 Å². The largest absolute Gasteiger partial charge is 0.481 e. The van der Waals surface area contributed by atoms with Crippen LogP contribution in [0.1, 0.15) is 39.5 Å². The fraction of sp³-hybridized carbons (Fsp3) is 0.923. The zero-order valence-electron chi connectivity index (χ0n) is 10.8. The van der Waals surface area contributed by atoms with Crippen LogP contribution < -0.4 is 0 Å². The average Bonchev–Trinajstić information content (AvgIpc) is 2.87. The van der Waals surface area contributed by atoms with Gasteiger partial charge in [0, 0.05) is 13.1 Å². The van der Waals surface area contributed by atoms with Crippen molar-refractivity contribution in [1.29, 1.82) is 0 Å². The molecular weight excluding hydrogens is 218 g/mol. The zero-order chi connectivity index (χ0) is 12.5. The van der Waals surface area contributed by atoms with E-state index < -0.39 is 11.4 Å². The quantitative estimate of drug-likeness (QED) is 0.814. The third kappa shape index (κ3) is 2.63. The zero-order valence-corrected chi connectivity index (χ0v) is 10.8. The van der Waals surface area contributed by atoms with Gasteiger partial charge in [0.15, 0.2) is 0 Å². The Morgan fingerprint density at radius 1 is 1.53 bits per heavy atom. The van der Waals surface area contributed by atoms with E-state index in [1.54, 1.807) is 0 Å². The molecule has 2 aliphatic heterocycles. The van der Waals surface area contributed by atoms with Crippen LogP contribution >= 0.6 is 0 Å². The fourth-order valence-corrected chi connectivity index (χ4v) is 3.04. The number of carbonyl (C=O) groups is 1. The summed E-state index contributed by atoms with van der Waals surface area (Å²) in [7, 11) is 0. The molecule has 1 N–H and O–H groups in total. The molecule has 0 aliphatic carbocycles. The molecule has 0 aromatic carbocycles. The van der Waals surface area contributed by atoms with Crippen molar-refractivity contribution in [1.82, 2.24) is 4.90 Å². The Bertz CT molecular complexity index is 294. The summed E-state index contributed by atoms with van der Waals surface area (Å²) in [5.41, 5.74) is -0.510.